The lowest BCUT2D eigenvalue weighted by molar-refractivity contribution is 0.415. The number of benzene rings is 2. The summed E-state index contributed by atoms with van der Waals surface area (Å²) < 4.78 is 7.25. The Morgan fingerprint density at radius 1 is 1.04 bits per heavy atom. The molecule has 0 radical (unpaired) electrons. The van der Waals surface area contributed by atoms with Crippen LogP contribution in [0.5, 0.6) is 5.75 Å². The van der Waals surface area contributed by atoms with Crippen LogP contribution in [0, 0.1) is 0 Å². The first kappa shape index (κ1) is 16.1. The maximum Gasteiger partial charge on any atom is 0.225 e. The van der Waals surface area contributed by atoms with Gasteiger partial charge in [0, 0.05) is 12.3 Å². The van der Waals surface area contributed by atoms with E-state index in [4.69, 9.17) is 4.74 Å². The number of anilines is 1. The zero-order valence-corrected chi connectivity index (χ0v) is 14.6. The molecule has 1 N–H and O–H groups in total. The highest BCUT2D eigenvalue weighted by Gasteiger charge is 2.10. The van der Waals surface area contributed by atoms with Gasteiger partial charge >= 0.3 is 0 Å². The van der Waals surface area contributed by atoms with Crippen LogP contribution in [-0.2, 0) is 0 Å². The van der Waals surface area contributed by atoms with E-state index in [2.05, 4.69) is 39.3 Å². The maximum absolute atomic E-state index is 5.32. The monoisotopic (exact) mass is 345 g/mol. The van der Waals surface area contributed by atoms with E-state index in [1.165, 1.54) is 5.56 Å². The van der Waals surface area contributed by atoms with Crippen LogP contribution in [0.15, 0.2) is 67.1 Å². The van der Waals surface area contributed by atoms with Crippen LogP contribution in [0.3, 0.4) is 0 Å². The molecule has 0 spiro atoms. The van der Waals surface area contributed by atoms with Crippen LogP contribution >= 0.6 is 0 Å². The SMILES string of the molecule is COc1ccc2ncn(-c3ccnc(N[C@@H](C)c4ccccc4)n3)c2c1. The molecule has 0 unspecified atom stereocenters. The van der Waals surface area contributed by atoms with Crippen LogP contribution in [0.25, 0.3) is 16.9 Å². The molecule has 0 saturated heterocycles. The third-order valence-electron chi connectivity index (χ3n) is 4.29. The van der Waals surface area contributed by atoms with Crippen molar-refractivity contribution in [1.29, 1.82) is 0 Å². The lowest BCUT2D eigenvalue weighted by Gasteiger charge is -2.14. The molecule has 26 heavy (non-hydrogen) atoms. The first-order chi connectivity index (χ1) is 12.7. The Bertz CT molecular complexity index is 1030. The van der Waals surface area contributed by atoms with Crippen molar-refractivity contribution in [2.24, 2.45) is 0 Å². The summed E-state index contributed by atoms with van der Waals surface area (Å²) in [4.78, 5) is 13.4. The number of imidazole rings is 1. The fourth-order valence-electron chi connectivity index (χ4n) is 2.87. The number of fused-ring (bicyclic) bond motifs is 1. The fourth-order valence-corrected chi connectivity index (χ4v) is 2.87. The number of ether oxygens (including phenoxy) is 1. The van der Waals surface area contributed by atoms with Crippen LogP contribution in [0.2, 0.25) is 0 Å². The molecule has 6 heteroatoms. The number of rotatable bonds is 5. The number of hydrogen-bond donors (Lipinski definition) is 1. The number of nitrogens with zero attached hydrogens (tertiary/aromatic N) is 4. The van der Waals surface area contributed by atoms with Gasteiger partial charge in [0.15, 0.2) is 0 Å². The first-order valence-electron chi connectivity index (χ1n) is 8.40. The predicted octanol–water partition coefficient (Wildman–Crippen LogP) is 4.00. The number of methoxy groups -OCH3 is 1. The van der Waals surface area contributed by atoms with Crippen molar-refractivity contribution >= 4 is 17.0 Å². The smallest absolute Gasteiger partial charge is 0.225 e. The lowest BCUT2D eigenvalue weighted by Crippen LogP contribution is -2.10. The Morgan fingerprint density at radius 2 is 1.88 bits per heavy atom. The molecule has 2 heterocycles. The zero-order valence-electron chi connectivity index (χ0n) is 14.6. The van der Waals surface area contributed by atoms with E-state index in [9.17, 15) is 0 Å². The largest absolute Gasteiger partial charge is 0.497 e. The molecule has 4 rings (SSSR count). The van der Waals surface area contributed by atoms with Gasteiger partial charge in [-0.1, -0.05) is 30.3 Å². The molecular weight excluding hydrogens is 326 g/mol. The molecule has 2 aromatic heterocycles. The Balaban J connectivity index is 1.66. The maximum atomic E-state index is 5.32. The summed E-state index contributed by atoms with van der Waals surface area (Å²) >= 11 is 0. The highest BCUT2D eigenvalue weighted by Crippen LogP contribution is 2.23. The van der Waals surface area contributed by atoms with Gasteiger partial charge in [0.1, 0.15) is 17.9 Å². The second-order valence-electron chi connectivity index (χ2n) is 5.98. The fraction of sp³-hybridized carbons (Fsp3) is 0.150. The standard InChI is InChI=1S/C20H19N5O/c1-14(15-6-4-3-5-7-15)23-20-21-11-10-19(24-20)25-13-22-17-9-8-16(26-2)12-18(17)25/h3-14H,1-2H3,(H,21,23,24)/t14-/m0/s1. The van der Waals surface area contributed by atoms with Gasteiger partial charge in [-0.2, -0.15) is 4.98 Å². The Morgan fingerprint density at radius 3 is 2.69 bits per heavy atom. The van der Waals surface area contributed by atoms with Crippen LogP contribution in [0.4, 0.5) is 5.95 Å². The van der Waals surface area contributed by atoms with E-state index in [0.29, 0.717) is 5.95 Å². The number of aromatic nitrogens is 4. The van der Waals surface area contributed by atoms with Crippen LogP contribution < -0.4 is 10.1 Å². The normalized spacial score (nSPS) is 12.1. The topological polar surface area (TPSA) is 64.9 Å². The summed E-state index contributed by atoms with van der Waals surface area (Å²) in [5.74, 6) is 2.10. The third-order valence-corrected chi connectivity index (χ3v) is 4.29. The van der Waals surface area contributed by atoms with E-state index >= 15 is 0 Å². The Labute approximate surface area is 151 Å². The number of nitrogens with one attached hydrogen (secondary N) is 1. The molecule has 0 saturated carbocycles. The lowest BCUT2D eigenvalue weighted by atomic mass is 10.1. The van der Waals surface area contributed by atoms with Gasteiger partial charge in [-0.15, -0.1) is 0 Å². The summed E-state index contributed by atoms with van der Waals surface area (Å²) in [5.41, 5.74) is 3.00. The summed E-state index contributed by atoms with van der Waals surface area (Å²) in [6.45, 7) is 2.09. The Hall–Kier alpha value is -3.41. The van der Waals surface area contributed by atoms with Crippen molar-refractivity contribution in [1.82, 2.24) is 19.5 Å². The molecule has 1 atom stereocenters. The van der Waals surface area contributed by atoms with Crippen molar-refractivity contribution in [3.05, 3.63) is 72.7 Å². The molecular formula is C20H19N5O. The van der Waals surface area contributed by atoms with Crippen molar-refractivity contribution in [3.8, 4) is 11.6 Å². The van der Waals surface area contributed by atoms with Crippen LogP contribution in [0.1, 0.15) is 18.5 Å². The minimum absolute atomic E-state index is 0.103. The van der Waals surface area contributed by atoms with Gasteiger partial charge in [0.25, 0.3) is 0 Å². The summed E-state index contributed by atoms with van der Waals surface area (Å²) in [5, 5.41) is 3.35. The molecule has 0 aliphatic carbocycles. The Kier molecular flexibility index (Phi) is 4.23. The quantitative estimate of drug-likeness (QED) is 0.592. The molecule has 0 bridgehead atoms. The predicted molar refractivity (Wildman–Crippen MR) is 102 cm³/mol. The van der Waals surface area contributed by atoms with E-state index in [-0.39, 0.29) is 6.04 Å². The summed E-state index contributed by atoms with van der Waals surface area (Å²) in [7, 11) is 1.65. The number of hydrogen-bond acceptors (Lipinski definition) is 5. The molecule has 2 aromatic carbocycles. The molecule has 0 aliphatic rings. The van der Waals surface area contributed by atoms with Gasteiger partial charge in [0.2, 0.25) is 5.95 Å². The first-order valence-corrected chi connectivity index (χ1v) is 8.40. The third kappa shape index (κ3) is 3.09. The molecule has 0 amide bonds. The van der Waals surface area contributed by atoms with E-state index < -0.39 is 0 Å². The molecule has 130 valence electrons. The average Bonchev–Trinajstić information content (AvgIpc) is 3.12. The van der Waals surface area contributed by atoms with Crippen molar-refractivity contribution in [2.75, 3.05) is 12.4 Å². The average molecular weight is 345 g/mol. The highest BCUT2D eigenvalue weighted by molar-refractivity contribution is 5.78. The highest BCUT2D eigenvalue weighted by atomic mass is 16.5. The second kappa shape index (κ2) is 6.84. The van der Waals surface area contributed by atoms with Gasteiger partial charge < -0.3 is 10.1 Å². The van der Waals surface area contributed by atoms with Gasteiger partial charge in [-0.05, 0) is 30.7 Å². The van der Waals surface area contributed by atoms with Crippen LogP contribution in [-0.4, -0.2) is 26.6 Å². The van der Waals surface area contributed by atoms with Crippen molar-refractivity contribution in [3.63, 3.8) is 0 Å². The van der Waals surface area contributed by atoms with Crippen molar-refractivity contribution in [2.45, 2.75) is 13.0 Å². The molecule has 0 aliphatic heterocycles. The van der Waals surface area contributed by atoms with Gasteiger partial charge in [-0.25, -0.2) is 9.97 Å². The van der Waals surface area contributed by atoms with E-state index in [1.54, 1.807) is 19.6 Å². The molecule has 4 aromatic rings. The summed E-state index contributed by atoms with van der Waals surface area (Å²) in [6.07, 6.45) is 3.51. The second-order valence-corrected chi connectivity index (χ2v) is 5.98. The van der Waals surface area contributed by atoms with E-state index in [1.807, 2.05) is 47.0 Å². The van der Waals surface area contributed by atoms with Gasteiger partial charge in [0.05, 0.1) is 24.2 Å². The van der Waals surface area contributed by atoms with E-state index in [0.717, 1.165) is 22.6 Å². The van der Waals surface area contributed by atoms with Crippen molar-refractivity contribution < 1.29 is 4.74 Å². The minimum atomic E-state index is 0.103. The summed E-state index contributed by atoms with van der Waals surface area (Å²) in [6, 6.07) is 18.0. The minimum Gasteiger partial charge on any atom is -0.497 e. The molecule has 6 nitrogen and oxygen atoms in total. The zero-order chi connectivity index (χ0) is 17.9. The van der Waals surface area contributed by atoms with Gasteiger partial charge in [-0.3, -0.25) is 4.57 Å². The molecule has 0 fully saturated rings.